The number of nitrogens with zero attached hydrogens (tertiary/aromatic N) is 2. The first-order chi connectivity index (χ1) is 9.72. The molecule has 1 N–H and O–H groups in total. The Hall–Kier alpha value is -1.18. The average Bonchev–Trinajstić information content (AvgIpc) is 3.08. The normalized spacial score (nSPS) is 10.9. The van der Waals surface area contributed by atoms with Crippen molar-refractivity contribution >= 4 is 39.0 Å². The van der Waals surface area contributed by atoms with Gasteiger partial charge in [0.25, 0.3) is 0 Å². The summed E-state index contributed by atoms with van der Waals surface area (Å²) in [7, 11) is 0. The third-order valence-corrected chi connectivity index (χ3v) is 5.10. The number of aromatic amines is 1. The number of rotatable bonds is 4. The van der Waals surface area contributed by atoms with E-state index < -0.39 is 0 Å². The molecule has 7 heteroatoms. The first kappa shape index (κ1) is 13.8. The highest BCUT2D eigenvalue weighted by atomic mass is 79.9. The molecule has 0 spiro atoms. The lowest BCUT2D eigenvalue weighted by atomic mass is 10.2. The minimum Gasteiger partial charge on any atom is -0.257 e. The van der Waals surface area contributed by atoms with Crippen LogP contribution in [0.15, 0.2) is 45.3 Å². The van der Waals surface area contributed by atoms with E-state index in [1.165, 1.54) is 23.9 Å². The summed E-state index contributed by atoms with van der Waals surface area (Å²) < 4.78 is 13.8. The van der Waals surface area contributed by atoms with Crippen molar-refractivity contribution in [3.05, 3.63) is 51.6 Å². The van der Waals surface area contributed by atoms with Gasteiger partial charge in [-0.1, -0.05) is 39.8 Å². The summed E-state index contributed by atoms with van der Waals surface area (Å²) in [6.07, 6.45) is 0. The van der Waals surface area contributed by atoms with Crippen LogP contribution in [0, 0.1) is 5.82 Å². The molecular formula is C13H9BrFN3S2. The minimum absolute atomic E-state index is 0.247. The van der Waals surface area contributed by atoms with E-state index >= 15 is 0 Å². The predicted octanol–water partition coefficient (Wildman–Crippen LogP) is 4.73. The van der Waals surface area contributed by atoms with Crippen molar-refractivity contribution in [2.24, 2.45) is 0 Å². The Labute approximate surface area is 131 Å². The Morgan fingerprint density at radius 3 is 3.00 bits per heavy atom. The molecule has 2 heterocycles. The van der Waals surface area contributed by atoms with Crippen molar-refractivity contribution in [2.75, 3.05) is 0 Å². The highest BCUT2D eigenvalue weighted by Gasteiger charge is 2.08. The largest absolute Gasteiger partial charge is 0.257 e. The monoisotopic (exact) mass is 369 g/mol. The quantitative estimate of drug-likeness (QED) is 0.676. The second kappa shape index (κ2) is 6.07. The number of hydrogen-bond donors (Lipinski definition) is 1. The third-order valence-electron chi connectivity index (χ3n) is 2.59. The van der Waals surface area contributed by atoms with Gasteiger partial charge in [-0.2, -0.15) is 0 Å². The molecule has 0 aliphatic heterocycles. The lowest BCUT2D eigenvalue weighted by Gasteiger charge is -2.02. The first-order valence-electron chi connectivity index (χ1n) is 5.75. The van der Waals surface area contributed by atoms with Gasteiger partial charge in [0, 0.05) is 10.2 Å². The van der Waals surface area contributed by atoms with Crippen LogP contribution in [0.5, 0.6) is 0 Å². The topological polar surface area (TPSA) is 41.6 Å². The number of thioether (sulfide) groups is 1. The predicted molar refractivity (Wildman–Crippen MR) is 83.4 cm³/mol. The molecule has 3 nitrogen and oxygen atoms in total. The summed E-state index contributed by atoms with van der Waals surface area (Å²) in [4.78, 5) is 5.49. The standard InChI is InChI=1S/C13H9BrFN3S2/c14-10-6-9(15)4-3-8(10)7-20-13-16-12(17-18-13)11-2-1-5-19-11/h1-6H,7H2,(H,16,17,18). The van der Waals surface area contributed by atoms with E-state index in [4.69, 9.17) is 0 Å². The van der Waals surface area contributed by atoms with Crippen LogP contribution < -0.4 is 0 Å². The molecule has 0 radical (unpaired) electrons. The van der Waals surface area contributed by atoms with E-state index in [1.54, 1.807) is 17.4 Å². The van der Waals surface area contributed by atoms with Gasteiger partial charge in [0.15, 0.2) is 5.82 Å². The zero-order valence-electron chi connectivity index (χ0n) is 10.1. The van der Waals surface area contributed by atoms with E-state index in [2.05, 4.69) is 31.1 Å². The fourth-order valence-electron chi connectivity index (χ4n) is 1.62. The van der Waals surface area contributed by atoms with Crippen LogP contribution in [-0.4, -0.2) is 15.2 Å². The number of aromatic nitrogens is 3. The molecule has 1 aromatic carbocycles. The van der Waals surface area contributed by atoms with Crippen LogP contribution in [-0.2, 0) is 5.75 Å². The molecule has 0 aliphatic carbocycles. The molecule has 0 atom stereocenters. The number of halogens is 2. The number of hydrogen-bond acceptors (Lipinski definition) is 4. The second-order valence-electron chi connectivity index (χ2n) is 3.97. The Morgan fingerprint density at radius 1 is 1.35 bits per heavy atom. The molecule has 0 fully saturated rings. The molecule has 20 heavy (non-hydrogen) atoms. The van der Waals surface area contributed by atoms with E-state index in [0.29, 0.717) is 10.9 Å². The lowest BCUT2D eigenvalue weighted by Crippen LogP contribution is -1.85. The maximum Gasteiger partial charge on any atom is 0.209 e. The fraction of sp³-hybridized carbons (Fsp3) is 0.0769. The number of benzene rings is 1. The molecule has 0 unspecified atom stereocenters. The van der Waals surface area contributed by atoms with Crippen molar-refractivity contribution < 1.29 is 4.39 Å². The minimum atomic E-state index is -0.247. The third kappa shape index (κ3) is 3.11. The van der Waals surface area contributed by atoms with Crippen molar-refractivity contribution in [1.29, 1.82) is 0 Å². The Bertz CT molecular complexity index is 712. The summed E-state index contributed by atoms with van der Waals surface area (Å²) in [5, 5.41) is 9.79. The number of nitrogens with one attached hydrogen (secondary N) is 1. The highest BCUT2D eigenvalue weighted by molar-refractivity contribution is 9.10. The van der Waals surface area contributed by atoms with Crippen molar-refractivity contribution in [3.8, 4) is 10.7 Å². The van der Waals surface area contributed by atoms with Gasteiger partial charge in [-0.3, -0.25) is 5.10 Å². The molecule has 102 valence electrons. The SMILES string of the molecule is Fc1ccc(CSc2n[nH]c(-c3cccs3)n2)c(Br)c1. The van der Waals surface area contributed by atoms with Gasteiger partial charge in [-0.15, -0.1) is 16.4 Å². The van der Waals surface area contributed by atoms with Crippen LogP contribution >= 0.6 is 39.0 Å². The molecule has 0 saturated heterocycles. The lowest BCUT2D eigenvalue weighted by molar-refractivity contribution is 0.626. The van der Waals surface area contributed by atoms with Gasteiger partial charge < -0.3 is 0 Å². The van der Waals surface area contributed by atoms with Gasteiger partial charge >= 0.3 is 0 Å². The van der Waals surface area contributed by atoms with Gasteiger partial charge in [0.2, 0.25) is 5.16 Å². The molecule has 0 amide bonds. The second-order valence-corrected chi connectivity index (χ2v) is 6.71. The van der Waals surface area contributed by atoms with Gasteiger partial charge in [0.05, 0.1) is 4.88 Å². The van der Waals surface area contributed by atoms with Crippen LogP contribution in [0.3, 0.4) is 0 Å². The molecular weight excluding hydrogens is 361 g/mol. The Balaban J connectivity index is 1.70. The van der Waals surface area contributed by atoms with Gasteiger partial charge in [0.1, 0.15) is 5.82 Å². The summed E-state index contributed by atoms with van der Waals surface area (Å²) in [6, 6.07) is 8.65. The molecule has 0 bridgehead atoms. The maximum absolute atomic E-state index is 13.0. The smallest absolute Gasteiger partial charge is 0.209 e. The zero-order chi connectivity index (χ0) is 13.9. The Kier molecular flexibility index (Phi) is 4.18. The maximum atomic E-state index is 13.0. The van der Waals surface area contributed by atoms with E-state index in [9.17, 15) is 4.39 Å². The molecule has 3 rings (SSSR count). The van der Waals surface area contributed by atoms with Crippen LogP contribution in [0.1, 0.15) is 5.56 Å². The van der Waals surface area contributed by atoms with Crippen LogP contribution in [0.4, 0.5) is 4.39 Å². The van der Waals surface area contributed by atoms with Crippen molar-refractivity contribution in [1.82, 2.24) is 15.2 Å². The van der Waals surface area contributed by atoms with Crippen molar-refractivity contribution in [3.63, 3.8) is 0 Å². The van der Waals surface area contributed by atoms with E-state index in [1.807, 2.05) is 17.5 Å². The van der Waals surface area contributed by atoms with E-state index in [-0.39, 0.29) is 5.82 Å². The molecule has 0 aliphatic rings. The molecule has 2 aromatic heterocycles. The van der Waals surface area contributed by atoms with Gasteiger partial charge in [-0.05, 0) is 29.1 Å². The van der Waals surface area contributed by atoms with Gasteiger partial charge in [-0.25, -0.2) is 9.37 Å². The average molecular weight is 370 g/mol. The van der Waals surface area contributed by atoms with Crippen molar-refractivity contribution in [2.45, 2.75) is 10.9 Å². The fourth-order valence-corrected chi connectivity index (χ4v) is 3.76. The van der Waals surface area contributed by atoms with Crippen LogP contribution in [0.25, 0.3) is 10.7 Å². The highest BCUT2D eigenvalue weighted by Crippen LogP contribution is 2.27. The number of thiophene rings is 1. The summed E-state index contributed by atoms with van der Waals surface area (Å²) in [5.74, 6) is 1.21. The summed E-state index contributed by atoms with van der Waals surface area (Å²) >= 11 is 6.48. The zero-order valence-corrected chi connectivity index (χ0v) is 13.4. The Morgan fingerprint density at radius 2 is 2.25 bits per heavy atom. The van der Waals surface area contributed by atoms with E-state index in [0.717, 1.165) is 20.7 Å². The first-order valence-corrected chi connectivity index (χ1v) is 8.41. The summed E-state index contributed by atoms with van der Waals surface area (Å²) in [5.41, 5.74) is 1.01. The molecule has 0 saturated carbocycles. The summed E-state index contributed by atoms with van der Waals surface area (Å²) in [6.45, 7) is 0. The molecule has 3 aromatic rings. The van der Waals surface area contributed by atoms with Crippen LogP contribution in [0.2, 0.25) is 0 Å². The number of H-pyrrole nitrogens is 1.